The molecule has 0 spiro atoms. The standard InChI is InChI=1S/C13H13BrFNO3/c1-7-2-3-9(15)10(11(7)14)12(17)16-5-4-8(6-16)13(18)19/h2-3,8H,4-6H2,1H3,(H,18,19). The fraction of sp³-hybridized carbons (Fsp3) is 0.385. The Kier molecular flexibility index (Phi) is 3.89. The Morgan fingerprint density at radius 1 is 1.47 bits per heavy atom. The monoisotopic (exact) mass is 329 g/mol. The molecule has 0 saturated carbocycles. The number of aryl methyl sites for hydroxylation is 1. The number of halogens is 2. The second-order valence-corrected chi connectivity index (χ2v) is 5.42. The number of benzene rings is 1. The summed E-state index contributed by atoms with van der Waals surface area (Å²) in [6.45, 7) is 2.24. The third kappa shape index (κ3) is 2.63. The van der Waals surface area contributed by atoms with Gasteiger partial charge in [-0.2, -0.15) is 0 Å². The first-order chi connectivity index (χ1) is 8.91. The van der Waals surface area contributed by atoms with Crippen LogP contribution in [0, 0.1) is 18.7 Å². The number of carboxylic acids is 1. The molecule has 1 saturated heterocycles. The minimum atomic E-state index is -0.918. The fourth-order valence-electron chi connectivity index (χ4n) is 2.16. The molecule has 1 unspecified atom stereocenters. The predicted octanol–water partition coefficient (Wildman–Crippen LogP) is 2.44. The summed E-state index contributed by atoms with van der Waals surface area (Å²) in [6.07, 6.45) is 0.409. The molecule has 1 aliphatic heterocycles. The van der Waals surface area contributed by atoms with Crippen molar-refractivity contribution in [1.29, 1.82) is 0 Å². The molecule has 1 atom stereocenters. The molecule has 1 fully saturated rings. The minimum absolute atomic E-state index is 0.0222. The molecular weight excluding hydrogens is 317 g/mol. The Bertz CT molecular complexity index is 547. The number of nitrogens with zero attached hydrogens (tertiary/aromatic N) is 1. The Balaban J connectivity index is 2.27. The van der Waals surface area contributed by atoms with E-state index in [9.17, 15) is 14.0 Å². The number of carboxylic acid groups (broad SMARTS) is 1. The van der Waals surface area contributed by atoms with Gasteiger partial charge in [0.1, 0.15) is 5.82 Å². The van der Waals surface area contributed by atoms with E-state index in [1.807, 2.05) is 0 Å². The van der Waals surface area contributed by atoms with E-state index in [0.717, 1.165) is 5.56 Å². The van der Waals surface area contributed by atoms with Crippen LogP contribution in [0.2, 0.25) is 0 Å². The van der Waals surface area contributed by atoms with Crippen LogP contribution in [-0.2, 0) is 4.79 Å². The maximum atomic E-state index is 13.8. The Morgan fingerprint density at radius 2 is 2.16 bits per heavy atom. The van der Waals surface area contributed by atoms with Crippen LogP contribution in [0.15, 0.2) is 16.6 Å². The van der Waals surface area contributed by atoms with Crippen LogP contribution in [0.1, 0.15) is 22.3 Å². The first kappa shape index (κ1) is 14.0. The highest BCUT2D eigenvalue weighted by Gasteiger charge is 2.33. The van der Waals surface area contributed by atoms with E-state index in [2.05, 4.69) is 15.9 Å². The van der Waals surface area contributed by atoms with E-state index in [-0.39, 0.29) is 12.1 Å². The van der Waals surface area contributed by atoms with Gasteiger partial charge in [-0.05, 0) is 40.9 Å². The van der Waals surface area contributed by atoms with Crippen LogP contribution in [0.4, 0.5) is 4.39 Å². The first-order valence-corrected chi connectivity index (χ1v) is 6.67. The number of carbonyl (C=O) groups is 2. The van der Waals surface area contributed by atoms with Crippen molar-refractivity contribution in [3.05, 3.63) is 33.5 Å². The van der Waals surface area contributed by atoms with Crippen LogP contribution in [-0.4, -0.2) is 35.0 Å². The van der Waals surface area contributed by atoms with Crippen molar-refractivity contribution in [3.8, 4) is 0 Å². The van der Waals surface area contributed by atoms with Crippen molar-refractivity contribution >= 4 is 27.8 Å². The highest BCUT2D eigenvalue weighted by Crippen LogP contribution is 2.27. The lowest BCUT2D eigenvalue weighted by molar-refractivity contribution is -0.141. The van der Waals surface area contributed by atoms with Gasteiger partial charge in [0.25, 0.3) is 5.91 Å². The Hall–Kier alpha value is -1.43. The fourth-order valence-corrected chi connectivity index (χ4v) is 2.65. The summed E-state index contributed by atoms with van der Waals surface area (Å²) in [6, 6.07) is 2.83. The molecule has 0 aromatic heterocycles. The average Bonchev–Trinajstić information content (AvgIpc) is 2.84. The maximum absolute atomic E-state index is 13.8. The van der Waals surface area contributed by atoms with Gasteiger partial charge in [-0.25, -0.2) is 4.39 Å². The number of hydrogen-bond donors (Lipinski definition) is 1. The van der Waals surface area contributed by atoms with Gasteiger partial charge in [0.05, 0.1) is 11.5 Å². The van der Waals surface area contributed by atoms with E-state index in [0.29, 0.717) is 17.4 Å². The number of amides is 1. The molecule has 1 amide bonds. The highest BCUT2D eigenvalue weighted by atomic mass is 79.9. The molecular formula is C13H13BrFNO3. The molecule has 19 heavy (non-hydrogen) atoms. The van der Waals surface area contributed by atoms with Crippen molar-refractivity contribution in [1.82, 2.24) is 4.90 Å². The SMILES string of the molecule is Cc1ccc(F)c(C(=O)N2CCC(C(=O)O)C2)c1Br. The van der Waals surface area contributed by atoms with Crippen molar-refractivity contribution < 1.29 is 19.1 Å². The van der Waals surface area contributed by atoms with Crippen molar-refractivity contribution in [2.75, 3.05) is 13.1 Å². The summed E-state index contributed by atoms with van der Waals surface area (Å²) >= 11 is 3.22. The lowest BCUT2D eigenvalue weighted by Crippen LogP contribution is -2.31. The van der Waals surface area contributed by atoms with E-state index >= 15 is 0 Å². The van der Waals surface area contributed by atoms with E-state index in [4.69, 9.17) is 5.11 Å². The molecule has 1 aliphatic rings. The number of likely N-dealkylation sites (tertiary alicyclic amines) is 1. The third-order valence-electron chi connectivity index (χ3n) is 3.32. The molecule has 0 bridgehead atoms. The van der Waals surface area contributed by atoms with Crippen LogP contribution >= 0.6 is 15.9 Å². The van der Waals surface area contributed by atoms with Crippen LogP contribution in [0.5, 0.6) is 0 Å². The smallest absolute Gasteiger partial charge is 0.308 e. The van der Waals surface area contributed by atoms with Gasteiger partial charge in [-0.1, -0.05) is 6.07 Å². The summed E-state index contributed by atoms with van der Waals surface area (Å²) in [5.41, 5.74) is 0.741. The summed E-state index contributed by atoms with van der Waals surface area (Å²) in [7, 11) is 0. The predicted molar refractivity (Wildman–Crippen MR) is 70.5 cm³/mol. The van der Waals surface area contributed by atoms with Crippen LogP contribution in [0.25, 0.3) is 0 Å². The average molecular weight is 330 g/mol. The summed E-state index contributed by atoms with van der Waals surface area (Å²) in [5, 5.41) is 8.92. The van der Waals surface area contributed by atoms with E-state index in [1.54, 1.807) is 13.0 Å². The largest absolute Gasteiger partial charge is 0.481 e. The number of carbonyl (C=O) groups excluding carboxylic acids is 1. The second-order valence-electron chi connectivity index (χ2n) is 4.63. The minimum Gasteiger partial charge on any atom is -0.481 e. The molecule has 1 aromatic carbocycles. The second kappa shape index (κ2) is 5.28. The normalized spacial score (nSPS) is 18.7. The molecule has 2 rings (SSSR count). The zero-order chi connectivity index (χ0) is 14.2. The van der Waals surface area contributed by atoms with Gasteiger partial charge >= 0.3 is 5.97 Å². The van der Waals surface area contributed by atoms with E-state index < -0.39 is 23.6 Å². The van der Waals surface area contributed by atoms with Crippen LogP contribution < -0.4 is 0 Å². The molecule has 0 radical (unpaired) electrons. The molecule has 1 aromatic rings. The topological polar surface area (TPSA) is 57.6 Å². The summed E-state index contributed by atoms with van der Waals surface area (Å²) in [5.74, 6) is -2.53. The number of aliphatic carboxylic acids is 1. The first-order valence-electron chi connectivity index (χ1n) is 5.88. The Labute approximate surface area is 118 Å². The van der Waals surface area contributed by atoms with E-state index in [1.165, 1.54) is 11.0 Å². The van der Waals surface area contributed by atoms with Gasteiger partial charge in [0.15, 0.2) is 0 Å². The van der Waals surface area contributed by atoms with Gasteiger partial charge in [-0.15, -0.1) is 0 Å². The third-order valence-corrected chi connectivity index (χ3v) is 4.34. The molecule has 4 nitrogen and oxygen atoms in total. The highest BCUT2D eigenvalue weighted by molar-refractivity contribution is 9.10. The zero-order valence-corrected chi connectivity index (χ0v) is 11.9. The zero-order valence-electron chi connectivity index (χ0n) is 10.3. The lowest BCUT2D eigenvalue weighted by Gasteiger charge is -2.17. The molecule has 6 heteroatoms. The van der Waals surface area contributed by atoms with Crippen molar-refractivity contribution in [3.63, 3.8) is 0 Å². The molecule has 0 aliphatic carbocycles. The van der Waals surface area contributed by atoms with Gasteiger partial charge < -0.3 is 10.0 Å². The maximum Gasteiger partial charge on any atom is 0.308 e. The number of rotatable bonds is 2. The lowest BCUT2D eigenvalue weighted by atomic mass is 10.1. The molecule has 1 heterocycles. The quantitative estimate of drug-likeness (QED) is 0.906. The van der Waals surface area contributed by atoms with Crippen LogP contribution in [0.3, 0.4) is 0 Å². The van der Waals surface area contributed by atoms with Gasteiger partial charge in [0, 0.05) is 17.6 Å². The molecule has 1 N–H and O–H groups in total. The molecule has 102 valence electrons. The Morgan fingerprint density at radius 3 is 2.74 bits per heavy atom. The van der Waals surface area contributed by atoms with Crippen molar-refractivity contribution in [2.45, 2.75) is 13.3 Å². The summed E-state index contributed by atoms with van der Waals surface area (Å²) in [4.78, 5) is 24.5. The van der Waals surface area contributed by atoms with Gasteiger partial charge in [0.2, 0.25) is 0 Å². The summed E-state index contributed by atoms with van der Waals surface area (Å²) < 4.78 is 14.2. The number of hydrogen-bond acceptors (Lipinski definition) is 2. The van der Waals surface area contributed by atoms with Gasteiger partial charge in [-0.3, -0.25) is 9.59 Å². The van der Waals surface area contributed by atoms with Crippen molar-refractivity contribution in [2.24, 2.45) is 5.92 Å².